The summed E-state index contributed by atoms with van der Waals surface area (Å²) in [7, 11) is 0. The zero-order valence-electron chi connectivity index (χ0n) is 14.1. The summed E-state index contributed by atoms with van der Waals surface area (Å²) in [5.74, 6) is -0.370. The number of alkyl halides is 3. The Morgan fingerprint density at radius 1 is 1.15 bits per heavy atom. The Labute approximate surface area is 151 Å². The van der Waals surface area contributed by atoms with Crippen molar-refractivity contribution < 1.29 is 22.7 Å². The fourth-order valence-corrected chi connectivity index (χ4v) is 2.23. The molecule has 3 rings (SSSR count). The number of benzene rings is 2. The largest absolute Gasteiger partial charge is 0.492 e. The lowest BCUT2D eigenvalue weighted by atomic mass is 10.2. The summed E-state index contributed by atoms with van der Waals surface area (Å²) >= 11 is 0. The van der Waals surface area contributed by atoms with Gasteiger partial charge in [-0.15, -0.1) is 15.0 Å². The number of tetrazole rings is 1. The molecule has 0 radical (unpaired) electrons. The van der Waals surface area contributed by atoms with Crippen LogP contribution in [0.3, 0.4) is 0 Å². The molecular formula is C17H14F3N5O2. The lowest BCUT2D eigenvalue weighted by Gasteiger charge is -2.09. The third-order valence-corrected chi connectivity index (χ3v) is 3.48. The zero-order chi connectivity index (χ0) is 19.4. The van der Waals surface area contributed by atoms with Gasteiger partial charge in [0.1, 0.15) is 5.75 Å². The number of aromatic nitrogens is 4. The van der Waals surface area contributed by atoms with Gasteiger partial charge in [-0.25, -0.2) is 0 Å². The van der Waals surface area contributed by atoms with Crippen LogP contribution in [0.15, 0.2) is 48.5 Å². The minimum atomic E-state index is -4.44. The molecule has 0 aliphatic carbocycles. The highest BCUT2D eigenvalue weighted by atomic mass is 19.4. The molecule has 27 heavy (non-hydrogen) atoms. The van der Waals surface area contributed by atoms with E-state index in [0.29, 0.717) is 18.0 Å². The van der Waals surface area contributed by atoms with E-state index in [2.05, 4.69) is 20.7 Å². The van der Waals surface area contributed by atoms with Gasteiger partial charge in [0, 0.05) is 0 Å². The van der Waals surface area contributed by atoms with Crippen LogP contribution in [-0.4, -0.2) is 32.7 Å². The van der Waals surface area contributed by atoms with Crippen molar-refractivity contribution in [1.82, 2.24) is 20.2 Å². The second-order valence-electron chi connectivity index (χ2n) is 5.33. The molecule has 2 aromatic carbocycles. The van der Waals surface area contributed by atoms with Gasteiger partial charge in [0.05, 0.1) is 23.5 Å². The van der Waals surface area contributed by atoms with Gasteiger partial charge in [0.25, 0.3) is 11.7 Å². The molecule has 0 saturated heterocycles. The number of hydrogen-bond donors (Lipinski definition) is 1. The summed E-state index contributed by atoms with van der Waals surface area (Å²) in [6.07, 6.45) is -4.44. The summed E-state index contributed by atoms with van der Waals surface area (Å²) in [6.45, 7) is 2.24. The summed E-state index contributed by atoms with van der Waals surface area (Å²) in [5, 5.41) is 13.9. The van der Waals surface area contributed by atoms with Gasteiger partial charge in [-0.2, -0.15) is 13.2 Å². The van der Waals surface area contributed by atoms with Gasteiger partial charge in [0.15, 0.2) is 0 Å². The molecule has 0 spiro atoms. The van der Waals surface area contributed by atoms with E-state index in [0.717, 1.165) is 16.9 Å². The maximum absolute atomic E-state index is 12.6. The van der Waals surface area contributed by atoms with E-state index < -0.39 is 17.6 Å². The van der Waals surface area contributed by atoms with Crippen molar-refractivity contribution in [3.8, 4) is 11.4 Å². The first-order valence-corrected chi connectivity index (χ1v) is 7.89. The Bertz CT molecular complexity index is 938. The molecule has 0 bridgehead atoms. The number of amides is 1. The molecule has 10 heteroatoms. The molecule has 140 valence electrons. The molecule has 1 heterocycles. The van der Waals surface area contributed by atoms with Crippen LogP contribution in [-0.2, 0) is 6.18 Å². The van der Waals surface area contributed by atoms with E-state index in [9.17, 15) is 18.0 Å². The van der Waals surface area contributed by atoms with Gasteiger partial charge < -0.3 is 10.1 Å². The van der Waals surface area contributed by atoms with Crippen LogP contribution in [0.5, 0.6) is 5.75 Å². The number of nitrogens with one attached hydrogen (secondary N) is 1. The SMILES string of the molecule is CCOc1ccccc1NC(=O)c1nnn(-c2ccc(C(F)(F)F)cc2)n1. The lowest BCUT2D eigenvalue weighted by molar-refractivity contribution is -0.137. The fraction of sp³-hybridized carbons (Fsp3) is 0.176. The standard InChI is InChI=1S/C17H14F3N5O2/c1-2-27-14-6-4-3-5-13(14)21-16(26)15-22-24-25(23-15)12-9-7-11(8-10-12)17(18,19)20/h3-10H,2H2,1H3,(H,21,26). The summed E-state index contributed by atoms with van der Waals surface area (Å²) in [6, 6.07) is 11.0. The number of ether oxygens (including phenoxy) is 1. The zero-order valence-corrected chi connectivity index (χ0v) is 14.1. The van der Waals surface area contributed by atoms with Crippen LogP contribution < -0.4 is 10.1 Å². The van der Waals surface area contributed by atoms with Gasteiger partial charge in [-0.1, -0.05) is 12.1 Å². The first kappa shape index (κ1) is 18.4. The van der Waals surface area contributed by atoms with Crippen LogP contribution in [0.4, 0.5) is 18.9 Å². The van der Waals surface area contributed by atoms with Crippen LogP contribution in [0, 0.1) is 0 Å². The number of anilines is 1. The van der Waals surface area contributed by atoms with Gasteiger partial charge in [-0.3, -0.25) is 4.79 Å². The number of nitrogens with zero attached hydrogens (tertiary/aromatic N) is 4. The smallest absolute Gasteiger partial charge is 0.416 e. The predicted molar refractivity (Wildman–Crippen MR) is 89.7 cm³/mol. The molecule has 0 aliphatic rings. The molecule has 0 atom stereocenters. The summed E-state index contributed by atoms with van der Waals surface area (Å²) < 4.78 is 43.3. The fourth-order valence-electron chi connectivity index (χ4n) is 2.23. The third kappa shape index (κ3) is 4.22. The number of hydrogen-bond acceptors (Lipinski definition) is 5. The third-order valence-electron chi connectivity index (χ3n) is 3.48. The van der Waals surface area contributed by atoms with E-state index >= 15 is 0 Å². The Kier molecular flexibility index (Phi) is 5.06. The van der Waals surface area contributed by atoms with Crippen molar-refractivity contribution in [2.75, 3.05) is 11.9 Å². The van der Waals surface area contributed by atoms with Crippen LogP contribution in [0.2, 0.25) is 0 Å². The highest BCUT2D eigenvalue weighted by molar-refractivity contribution is 6.02. The number of rotatable bonds is 5. The van der Waals surface area contributed by atoms with E-state index in [1.54, 1.807) is 24.3 Å². The highest BCUT2D eigenvalue weighted by Gasteiger charge is 2.30. The lowest BCUT2D eigenvalue weighted by Crippen LogP contribution is -2.15. The number of para-hydroxylation sites is 2. The van der Waals surface area contributed by atoms with Crippen molar-refractivity contribution in [3.05, 3.63) is 59.9 Å². The molecule has 0 unspecified atom stereocenters. The molecule has 1 N–H and O–H groups in total. The van der Waals surface area contributed by atoms with Crippen molar-refractivity contribution >= 4 is 11.6 Å². The average Bonchev–Trinajstić information content (AvgIpc) is 3.13. The first-order valence-electron chi connectivity index (χ1n) is 7.89. The Balaban J connectivity index is 1.77. The Morgan fingerprint density at radius 3 is 2.52 bits per heavy atom. The quantitative estimate of drug-likeness (QED) is 0.738. The van der Waals surface area contributed by atoms with Crippen LogP contribution >= 0.6 is 0 Å². The average molecular weight is 377 g/mol. The number of halogens is 3. The molecule has 0 fully saturated rings. The minimum absolute atomic E-state index is 0.235. The maximum atomic E-state index is 12.6. The van der Waals surface area contributed by atoms with Crippen molar-refractivity contribution in [1.29, 1.82) is 0 Å². The van der Waals surface area contributed by atoms with E-state index in [1.807, 2.05) is 6.92 Å². The first-order chi connectivity index (χ1) is 12.9. The van der Waals surface area contributed by atoms with Crippen molar-refractivity contribution in [2.45, 2.75) is 13.1 Å². The van der Waals surface area contributed by atoms with Gasteiger partial charge in [0.2, 0.25) is 0 Å². The van der Waals surface area contributed by atoms with E-state index in [4.69, 9.17) is 4.74 Å². The summed E-state index contributed by atoms with van der Waals surface area (Å²) in [4.78, 5) is 13.3. The summed E-state index contributed by atoms with van der Waals surface area (Å²) in [5.41, 5.74) is -0.114. The number of carbonyl (C=O) groups is 1. The van der Waals surface area contributed by atoms with Gasteiger partial charge in [-0.05, 0) is 48.5 Å². The number of carbonyl (C=O) groups excluding carboxylic acids is 1. The van der Waals surface area contributed by atoms with Crippen LogP contribution in [0.1, 0.15) is 23.1 Å². The Hall–Kier alpha value is -3.43. The second kappa shape index (κ2) is 7.44. The molecular weight excluding hydrogens is 363 g/mol. The van der Waals surface area contributed by atoms with Crippen LogP contribution in [0.25, 0.3) is 5.69 Å². The van der Waals surface area contributed by atoms with Crippen molar-refractivity contribution in [2.24, 2.45) is 0 Å². The van der Waals surface area contributed by atoms with Gasteiger partial charge >= 0.3 is 6.18 Å². The van der Waals surface area contributed by atoms with E-state index in [1.165, 1.54) is 12.1 Å². The molecule has 1 aromatic heterocycles. The molecule has 7 nitrogen and oxygen atoms in total. The molecule has 0 saturated carbocycles. The molecule has 3 aromatic rings. The highest BCUT2D eigenvalue weighted by Crippen LogP contribution is 2.29. The second-order valence-corrected chi connectivity index (χ2v) is 5.33. The molecule has 1 amide bonds. The topological polar surface area (TPSA) is 81.9 Å². The monoisotopic (exact) mass is 377 g/mol. The van der Waals surface area contributed by atoms with Crippen molar-refractivity contribution in [3.63, 3.8) is 0 Å². The predicted octanol–water partition coefficient (Wildman–Crippen LogP) is 3.33. The maximum Gasteiger partial charge on any atom is 0.416 e. The normalized spacial score (nSPS) is 11.3. The van der Waals surface area contributed by atoms with E-state index in [-0.39, 0.29) is 11.5 Å². The minimum Gasteiger partial charge on any atom is -0.492 e. The molecule has 0 aliphatic heterocycles. The Morgan fingerprint density at radius 2 is 1.85 bits per heavy atom.